The highest BCUT2D eigenvalue weighted by Crippen LogP contribution is 2.41. The largest absolute Gasteiger partial charge is 0.465 e. The zero-order valence-corrected chi connectivity index (χ0v) is 20.8. The third kappa shape index (κ3) is 4.62. The first kappa shape index (κ1) is 23.3. The number of aromatic nitrogens is 2. The van der Waals surface area contributed by atoms with E-state index in [1.807, 2.05) is 31.2 Å². The molecule has 10 heteroatoms. The van der Waals surface area contributed by atoms with Crippen LogP contribution in [0.5, 0.6) is 0 Å². The predicted molar refractivity (Wildman–Crippen MR) is 136 cm³/mol. The van der Waals surface area contributed by atoms with Gasteiger partial charge in [-0.3, -0.25) is 0 Å². The average Bonchev–Trinajstić information content (AvgIpc) is 3.26. The molecule has 0 unspecified atom stereocenters. The third-order valence-corrected chi connectivity index (χ3v) is 7.66. The molecule has 184 valence electrons. The van der Waals surface area contributed by atoms with Crippen LogP contribution in [0.4, 0.5) is 21.4 Å². The number of carbonyl (C=O) groups excluding carboxylic acids is 2. The SMILES string of the molecule is CCOC(=O)N1CCN(c2nc3ccccc3nc2Nc2sc3c(c2C(=O)OC)CCCC3)CC1. The molecule has 1 fully saturated rings. The van der Waals surface area contributed by atoms with Gasteiger partial charge >= 0.3 is 12.1 Å². The number of esters is 1. The molecule has 0 bridgehead atoms. The van der Waals surface area contributed by atoms with Crippen LogP contribution in [0.3, 0.4) is 0 Å². The van der Waals surface area contributed by atoms with Gasteiger partial charge in [0.05, 0.1) is 30.3 Å². The highest BCUT2D eigenvalue weighted by molar-refractivity contribution is 7.16. The first-order valence-corrected chi connectivity index (χ1v) is 12.8. The number of thiophene rings is 1. The van der Waals surface area contributed by atoms with E-state index >= 15 is 0 Å². The van der Waals surface area contributed by atoms with Crippen molar-refractivity contribution in [2.75, 3.05) is 50.1 Å². The summed E-state index contributed by atoms with van der Waals surface area (Å²) in [6.07, 6.45) is 3.75. The lowest BCUT2D eigenvalue weighted by atomic mass is 9.95. The van der Waals surface area contributed by atoms with Crippen molar-refractivity contribution in [3.8, 4) is 0 Å². The maximum Gasteiger partial charge on any atom is 0.409 e. The van der Waals surface area contributed by atoms with Crippen LogP contribution in [0.1, 0.15) is 40.6 Å². The van der Waals surface area contributed by atoms with E-state index in [2.05, 4.69) is 10.2 Å². The van der Waals surface area contributed by atoms with Crippen molar-refractivity contribution >= 4 is 51.1 Å². The van der Waals surface area contributed by atoms with Gasteiger partial charge in [-0.15, -0.1) is 11.3 Å². The Balaban J connectivity index is 1.50. The maximum absolute atomic E-state index is 12.8. The second kappa shape index (κ2) is 10.1. The molecule has 35 heavy (non-hydrogen) atoms. The summed E-state index contributed by atoms with van der Waals surface area (Å²) in [6.45, 7) is 4.44. The molecule has 1 amide bonds. The molecule has 0 radical (unpaired) electrons. The molecule has 3 aromatic rings. The lowest BCUT2D eigenvalue weighted by molar-refractivity contribution is 0.0601. The van der Waals surface area contributed by atoms with Crippen LogP contribution in [0.15, 0.2) is 24.3 Å². The Morgan fingerprint density at radius 1 is 1.06 bits per heavy atom. The van der Waals surface area contributed by atoms with Gasteiger partial charge in [0.15, 0.2) is 11.6 Å². The normalized spacial score (nSPS) is 15.6. The number of nitrogens with one attached hydrogen (secondary N) is 1. The Hall–Kier alpha value is -3.40. The third-order valence-electron chi connectivity index (χ3n) is 6.45. The van der Waals surface area contributed by atoms with Gasteiger partial charge in [0, 0.05) is 31.1 Å². The fraction of sp³-hybridized carbons (Fsp3) is 0.440. The number of piperazine rings is 1. The second-order valence-electron chi connectivity index (χ2n) is 8.59. The summed E-state index contributed by atoms with van der Waals surface area (Å²) < 4.78 is 10.3. The average molecular weight is 496 g/mol. The number of hydrogen-bond acceptors (Lipinski definition) is 9. The van der Waals surface area contributed by atoms with Crippen LogP contribution in [-0.4, -0.2) is 66.8 Å². The minimum Gasteiger partial charge on any atom is -0.465 e. The molecule has 0 atom stereocenters. The summed E-state index contributed by atoms with van der Waals surface area (Å²) in [7, 11) is 1.42. The smallest absolute Gasteiger partial charge is 0.409 e. The summed E-state index contributed by atoms with van der Waals surface area (Å²) in [6, 6.07) is 7.74. The summed E-state index contributed by atoms with van der Waals surface area (Å²) in [5.41, 5.74) is 3.26. The second-order valence-corrected chi connectivity index (χ2v) is 9.69. The number of carbonyl (C=O) groups is 2. The van der Waals surface area contributed by atoms with Gasteiger partial charge in [0.1, 0.15) is 5.00 Å². The number of rotatable bonds is 5. The van der Waals surface area contributed by atoms with E-state index < -0.39 is 0 Å². The number of hydrogen-bond donors (Lipinski definition) is 1. The summed E-state index contributed by atoms with van der Waals surface area (Å²) in [5, 5.41) is 4.20. The van der Waals surface area contributed by atoms with Gasteiger partial charge in [-0.2, -0.15) is 0 Å². The highest BCUT2D eigenvalue weighted by atomic mass is 32.1. The molecule has 0 saturated carbocycles. The number of fused-ring (bicyclic) bond motifs is 2. The van der Waals surface area contributed by atoms with Crippen LogP contribution in [0, 0.1) is 0 Å². The minimum atomic E-state index is -0.328. The van der Waals surface area contributed by atoms with Gasteiger partial charge < -0.3 is 24.6 Å². The summed E-state index contributed by atoms with van der Waals surface area (Å²) in [4.78, 5) is 39.8. The van der Waals surface area contributed by atoms with E-state index in [-0.39, 0.29) is 12.1 Å². The Morgan fingerprint density at radius 2 is 1.77 bits per heavy atom. The number of ether oxygens (including phenoxy) is 2. The fourth-order valence-corrected chi connectivity index (χ4v) is 5.97. The maximum atomic E-state index is 12.8. The number of aryl methyl sites for hydroxylation is 1. The Kier molecular flexibility index (Phi) is 6.72. The quantitative estimate of drug-likeness (QED) is 0.521. The Morgan fingerprint density at radius 3 is 2.49 bits per heavy atom. The molecule has 1 saturated heterocycles. The number of para-hydroxylation sites is 2. The summed E-state index contributed by atoms with van der Waals surface area (Å²) >= 11 is 1.60. The van der Waals surface area contributed by atoms with Gasteiger partial charge in [-0.1, -0.05) is 12.1 Å². The van der Waals surface area contributed by atoms with Crippen LogP contribution in [-0.2, 0) is 22.3 Å². The highest BCUT2D eigenvalue weighted by Gasteiger charge is 2.29. The molecule has 3 heterocycles. The lowest BCUT2D eigenvalue weighted by Gasteiger charge is -2.35. The number of amides is 1. The monoisotopic (exact) mass is 495 g/mol. The van der Waals surface area contributed by atoms with Gasteiger partial charge in [0.25, 0.3) is 0 Å². The van der Waals surface area contributed by atoms with Crippen molar-refractivity contribution in [3.63, 3.8) is 0 Å². The van der Waals surface area contributed by atoms with E-state index in [4.69, 9.17) is 19.4 Å². The molecule has 0 spiro atoms. The van der Waals surface area contributed by atoms with Crippen molar-refractivity contribution in [1.82, 2.24) is 14.9 Å². The topological polar surface area (TPSA) is 96.9 Å². The molecule has 2 aliphatic rings. The summed E-state index contributed by atoms with van der Waals surface area (Å²) in [5.74, 6) is 0.969. The number of nitrogens with zero attached hydrogens (tertiary/aromatic N) is 4. The minimum absolute atomic E-state index is 0.290. The van der Waals surface area contributed by atoms with E-state index in [1.165, 1.54) is 12.0 Å². The first-order valence-electron chi connectivity index (χ1n) is 12.0. The van der Waals surface area contributed by atoms with E-state index in [1.54, 1.807) is 16.2 Å². The van der Waals surface area contributed by atoms with Crippen LogP contribution >= 0.6 is 11.3 Å². The molecule has 9 nitrogen and oxygen atoms in total. The van der Waals surface area contributed by atoms with Crippen LogP contribution < -0.4 is 10.2 Å². The van der Waals surface area contributed by atoms with E-state index in [9.17, 15) is 9.59 Å². The first-order chi connectivity index (χ1) is 17.1. The van der Waals surface area contributed by atoms with Crippen molar-refractivity contribution in [3.05, 3.63) is 40.3 Å². The Bertz CT molecular complexity index is 1250. The zero-order chi connectivity index (χ0) is 24.4. The number of anilines is 3. The molecule has 1 aliphatic heterocycles. The van der Waals surface area contributed by atoms with Crippen molar-refractivity contribution in [2.45, 2.75) is 32.6 Å². The zero-order valence-electron chi connectivity index (χ0n) is 20.0. The predicted octanol–water partition coefficient (Wildman–Crippen LogP) is 4.38. The molecule has 5 rings (SSSR count). The van der Waals surface area contributed by atoms with Crippen molar-refractivity contribution in [2.24, 2.45) is 0 Å². The lowest BCUT2D eigenvalue weighted by Crippen LogP contribution is -2.49. The standard InChI is InChI=1S/C25H29N5O4S/c1-3-34-25(32)30-14-12-29(13-15-30)22-21(26-17-9-5-6-10-18(17)27-22)28-23-20(24(31)33-2)16-8-4-7-11-19(16)35-23/h5-6,9-10H,3-4,7-8,11-15H2,1-2H3,(H,26,28). The van der Waals surface area contributed by atoms with Crippen LogP contribution in [0.25, 0.3) is 11.0 Å². The molecule has 1 aromatic carbocycles. The van der Waals surface area contributed by atoms with Crippen molar-refractivity contribution in [1.29, 1.82) is 0 Å². The van der Waals surface area contributed by atoms with Crippen molar-refractivity contribution < 1.29 is 19.1 Å². The molecule has 1 N–H and O–H groups in total. The number of benzene rings is 1. The fourth-order valence-electron chi connectivity index (χ4n) is 4.69. The Labute approximate surface area is 208 Å². The molecule has 1 aliphatic carbocycles. The number of methoxy groups -OCH3 is 1. The molecular formula is C25H29N5O4S. The van der Waals surface area contributed by atoms with Crippen LogP contribution in [0.2, 0.25) is 0 Å². The van der Waals surface area contributed by atoms with Gasteiger partial charge in [-0.25, -0.2) is 19.6 Å². The van der Waals surface area contributed by atoms with E-state index in [0.29, 0.717) is 50.0 Å². The van der Waals surface area contributed by atoms with Gasteiger partial charge in [-0.05, 0) is 50.3 Å². The van der Waals surface area contributed by atoms with E-state index in [0.717, 1.165) is 47.3 Å². The molecular weight excluding hydrogens is 466 g/mol. The molecule has 2 aromatic heterocycles. The van der Waals surface area contributed by atoms with Gasteiger partial charge in [0.2, 0.25) is 0 Å².